The molecule has 2 atom stereocenters. The predicted molar refractivity (Wildman–Crippen MR) is 85.1 cm³/mol. The molecule has 1 saturated heterocycles. The number of nitro benzene ring substituents is 1. The van der Waals surface area contributed by atoms with E-state index in [0.29, 0.717) is 17.5 Å². The molecule has 0 bridgehead atoms. The van der Waals surface area contributed by atoms with E-state index < -0.39 is 0 Å². The van der Waals surface area contributed by atoms with Crippen molar-refractivity contribution >= 4 is 27.3 Å². The summed E-state index contributed by atoms with van der Waals surface area (Å²) in [6.45, 7) is 1.60. The summed E-state index contributed by atoms with van der Waals surface area (Å²) < 4.78 is 5.89. The van der Waals surface area contributed by atoms with Crippen LogP contribution in [-0.2, 0) is 10.1 Å². The number of nitrogens with zero attached hydrogens (tertiary/aromatic N) is 2. The van der Waals surface area contributed by atoms with Crippen LogP contribution in [0.5, 0.6) is 0 Å². The van der Waals surface area contributed by atoms with Gasteiger partial charge in [-0.05, 0) is 25.0 Å². The molecule has 0 aromatic heterocycles. The van der Waals surface area contributed by atoms with E-state index in [2.05, 4.69) is 20.8 Å². The Labute approximate surface area is 132 Å². The van der Waals surface area contributed by atoms with Crippen LogP contribution in [-0.4, -0.2) is 30.2 Å². The highest BCUT2D eigenvalue weighted by Crippen LogP contribution is 2.34. The molecule has 0 spiro atoms. The van der Waals surface area contributed by atoms with E-state index in [1.807, 2.05) is 12.1 Å². The molecule has 114 valence electrons. The van der Waals surface area contributed by atoms with Gasteiger partial charge in [0.15, 0.2) is 0 Å². The lowest BCUT2D eigenvalue weighted by molar-refractivity contribution is -0.385. The third-order valence-corrected chi connectivity index (χ3v) is 5.07. The Balaban J connectivity index is 1.90. The highest BCUT2D eigenvalue weighted by atomic mass is 79.9. The summed E-state index contributed by atoms with van der Waals surface area (Å²) in [6, 6.07) is 5.86. The highest BCUT2D eigenvalue weighted by Gasteiger charge is 2.34. The summed E-state index contributed by atoms with van der Waals surface area (Å²) in [5.41, 5.74) is 2.00. The van der Waals surface area contributed by atoms with E-state index >= 15 is 0 Å². The van der Waals surface area contributed by atoms with Gasteiger partial charge in [-0.25, -0.2) is 0 Å². The Kier molecular flexibility index (Phi) is 4.45. The van der Waals surface area contributed by atoms with Crippen molar-refractivity contribution in [2.24, 2.45) is 0 Å². The molecular weight excluding hydrogens is 336 g/mol. The van der Waals surface area contributed by atoms with Crippen LogP contribution in [0.4, 0.5) is 11.4 Å². The normalized spacial score (nSPS) is 25.5. The summed E-state index contributed by atoms with van der Waals surface area (Å²) in [7, 11) is 0. The second kappa shape index (κ2) is 6.32. The molecule has 6 heteroatoms. The van der Waals surface area contributed by atoms with Crippen molar-refractivity contribution in [3.63, 3.8) is 0 Å². The summed E-state index contributed by atoms with van der Waals surface area (Å²) in [6.07, 6.45) is 5.06. The van der Waals surface area contributed by atoms with Crippen molar-refractivity contribution in [3.8, 4) is 0 Å². The Morgan fingerprint density at radius 2 is 2.19 bits per heavy atom. The topological polar surface area (TPSA) is 55.6 Å². The van der Waals surface area contributed by atoms with Crippen LogP contribution in [0.3, 0.4) is 0 Å². The number of ether oxygens (including phenoxy) is 1. The van der Waals surface area contributed by atoms with Gasteiger partial charge in [0.05, 0.1) is 23.7 Å². The molecule has 0 N–H and O–H groups in total. The number of anilines is 1. The quantitative estimate of drug-likeness (QED) is 0.472. The Morgan fingerprint density at radius 1 is 1.38 bits per heavy atom. The van der Waals surface area contributed by atoms with E-state index in [4.69, 9.17) is 4.74 Å². The number of fused-ring (bicyclic) bond motifs is 1. The lowest BCUT2D eigenvalue weighted by Gasteiger charge is -2.45. The van der Waals surface area contributed by atoms with Crippen molar-refractivity contribution in [3.05, 3.63) is 33.9 Å². The summed E-state index contributed by atoms with van der Waals surface area (Å²) in [5, 5.41) is 11.5. The van der Waals surface area contributed by atoms with E-state index in [1.165, 1.54) is 12.8 Å². The molecule has 2 unspecified atom stereocenters. The average Bonchev–Trinajstić information content (AvgIpc) is 2.53. The van der Waals surface area contributed by atoms with Crippen LogP contribution in [0.15, 0.2) is 18.2 Å². The van der Waals surface area contributed by atoms with Gasteiger partial charge in [-0.2, -0.15) is 0 Å². The minimum absolute atomic E-state index is 0.184. The Hall–Kier alpha value is -1.14. The van der Waals surface area contributed by atoms with Crippen LogP contribution < -0.4 is 4.90 Å². The van der Waals surface area contributed by atoms with E-state index in [-0.39, 0.29) is 10.6 Å². The van der Waals surface area contributed by atoms with Gasteiger partial charge in [-0.3, -0.25) is 10.1 Å². The van der Waals surface area contributed by atoms with Crippen molar-refractivity contribution in [1.82, 2.24) is 0 Å². The molecule has 0 amide bonds. The van der Waals surface area contributed by atoms with Gasteiger partial charge in [-0.1, -0.05) is 28.8 Å². The summed E-state index contributed by atoms with van der Waals surface area (Å²) >= 11 is 3.36. The second-order valence-corrected chi connectivity index (χ2v) is 6.22. The monoisotopic (exact) mass is 354 g/mol. The first-order chi connectivity index (χ1) is 10.2. The fourth-order valence-corrected chi connectivity index (χ4v) is 3.90. The average molecular weight is 355 g/mol. The fourth-order valence-electron chi connectivity index (χ4n) is 3.45. The maximum atomic E-state index is 11.0. The number of halogens is 1. The zero-order chi connectivity index (χ0) is 14.8. The van der Waals surface area contributed by atoms with Gasteiger partial charge in [0, 0.05) is 29.2 Å². The maximum absolute atomic E-state index is 11.0. The largest absolute Gasteiger partial charge is 0.374 e. The molecule has 1 aromatic carbocycles. The molecule has 3 rings (SSSR count). The number of hydrogen-bond acceptors (Lipinski definition) is 4. The molecule has 0 radical (unpaired) electrons. The van der Waals surface area contributed by atoms with Crippen molar-refractivity contribution in [2.75, 3.05) is 18.1 Å². The zero-order valence-electron chi connectivity index (χ0n) is 11.8. The number of morpholine rings is 1. The van der Waals surface area contributed by atoms with Gasteiger partial charge < -0.3 is 9.64 Å². The van der Waals surface area contributed by atoms with Crippen molar-refractivity contribution in [1.29, 1.82) is 0 Å². The Morgan fingerprint density at radius 3 is 2.95 bits per heavy atom. The highest BCUT2D eigenvalue weighted by molar-refractivity contribution is 9.08. The minimum Gasteiger partial charge on any atom is -0.374 e. The smallest absolute Gasteiger partial charge is 0.273 e. The van der Waals surface area contributed by atoms with Crippen LogP contribution in [0.1, 0.15) is 31.2 Å². The molecule has 2 aliphatic rings. The fraction of sp³-hybridized carbons (Fsp3) is 0.600. The summed E-state index contributed by atoms with van der Waals surface area (Å²) in [5.74, 6) is 0. The van der Waals surface area contributed by atoms with E-state index in [0.717, 1.165) is 37.2 Å². The molecule has 1 aliphatic carbocycles. The van der Waals surface area contributed by atoms with Gasteiger partial charge >= 0.3 is 0 Å². The van der Waals surface area contributed by atoms with Gasteiger partial charge in [-0.15, -0.1) is 0 Å². The van der Waals surface area contributed by atoms with E-state index in [9.17, 15) is 10.1 Å². The predicted octanol–water partition coefficient (Wildman–Crippen LogP) is 3.64. The molecule has 1 aliphatic heterocycles. The van der Waals surface area contributed by atoms with Crippen LogP contribution in [0, 0.1) is 10.1 Å². The zero-order valence-corrected chi connectivity index (χ0v) is 13.4. The SMILES string of the molecule is O=[N+]([O-])c1ccc(N2CCOC3CCCCC32)cc1CBr. The number of nitro groups is 1. The van der Waals surface area contributed by atoms with Gasteiger partial charge in [0.25, 0.3) is 5.69 Å². The van der Waals surface area contributed by atoms with Gasteiger partial charge in [0.1, 0.15) is 0 Å². The molecule has 2 fully saturated rings. The first kappa shape index (κ1) is 14.8. The van der Waals surface area contributed by atoms with Crippen LogP contribution >= 0.6 is 15.9 Å². The molecule has 5 nitrogen and oxygen atoms in total. The molecule has 21 heavy (non-hydrogen) atoms. The molecule has 1 saturated carbocycles. The number of hydrogen-bond donors (Lipinski definition) is 0. The third kappa shape index (κ3) is 2.92. The first-order valence-corrected chi connectivity index (χ1v) is 8.54. The van der Waals surface area contributed by atoms with Gasteiger partial charge in [0.2, 0.25) is 0 Å². The second-order valence-electron chi connectivity index (χ2n) is 5.66. The minimum atomic E-state index is -0.316. The number of alkyl halides is 1. The van der Waals surface area contributed by atoms with Crippen LogP contribution in [0.2, 0.25) is 0 Å². The summed E-state index contributed by atoms with van der Waals surface area (Å²) in [4.78, 5) is 13.1. The molecule has 1 heterocycles. The van der Waals surface area contributed by atoms with Crippen molar-refractivity contribution in [2.45, 2.75) is 43.2 Å². The first-order valence-electron chi connectivity index (χ1n) is 7.42. The maximum Gasteiger partial charge on any atom is 0.273 e. The number of benzene rings is 1. The van der Waals surface area contributed by atoms with Crippen LogP contribution in [0.25, 0.3) is 0 Å². The van der Waals surface area contributed by atoms with E-state index in [1.54, 1.807) is 6.07 Å². The Bertz CT molecular complexity index is 536. The number of rotatable bonds is 3. The third-order valence-electron chi connectivity index (χ3n) is 4.47. The molecular formula is C15H19BrN2O3. The van der Waals surface area contributed by atoms with Crippen molar-refractivity contribution < 1.29 is 9.66 Å². The molecule has 1 aromatic rings. The lowest BCUT2D eigenvalue weighted by Crippen LogP contribution is -2.52. The lowest BCUT2D eigenvalue weighted by atomic mass is 9.89. The standard InChI is InChI=1S/C15H19BrN2O3/c16-10-11-9-12(5-6-13(11)18(19)20)17-7-8-21-15-4-2-1-3-14(15)17/h5-6,9,14-15H,1-4,7-8,10H2.